The molecule has 0 bridgehead atoms. The Morgan fingerprint density at radius 1 is 0.900 bits per heavy atom. The molecule has 0 amide bonds. The van der Waals surface area contributed by atoms with Gasteiger partial charge in [0.2, 0.25) is 0 Å². The highest BCUT2D eigenvalue weighted by Crippen LogP contribution is 1.91. The average molecular weight is 149 g/mol. The average Bonchev–Trinajstić information content (AvgIpc) is 1.99. The largest absolute Gasteiger partial charge is 0.396 e. The lowest BCUT2D eigenvalue weighted by Crippen LogP contribution is -2.26. The molecule has 0 aliphatic rings. The molecule has 0 aromatic rings. The molecule has 0 aliphatic heterocycles. The van der Waals surface area contributed by atoms with Crippen molar-refractivity contribution >= 4 is 0 Å². The summed E-state index contributed by atoms with van der Waals surface area (Å²) in [5.74, 6) is 0. The van der Waals surface area contributed by atoms with E-state index >= 15 is 0 Å². The summed E-state index contributed by atoms with van der Waals surface area (Å²) < 4.78 is 0. The minimum atomic E-state index is -0.123. The van der Waals surface area contributed by atoms with E-state index in [2.05, 4.69) is 0 Å². The third-order valence-electron chi connectivity index (χ3n) is 1.28. The zero-order valence-corrected chi connectivity index (χ0v) is 6.03. The normalized spacial score (nSPS) is 10.8. The van der Waals surface area contributed by atoms with Crippen LogP contribution in [0.25, 0.3) is 0 Å². The molecule has 0 unspecified atom stereocenters. The van der Waals surface area contributed by atoms with Crippen LogP contribution >= 0.6 is 0 Å². The van der Waals surface area contributed by atoms with Crippen molar-refractivity contribution in [2.45, 2.75) is 12.8 Å². The molecular formula is C6H15NO3. The molecule has 0 heterocycles. The molecule has 10 heavy (non-hydrogen) atoms. The minimum Gasteiger partial charge on any atom is -0.396 e. The second-order valence-electron chi connectivity index (χ2n) is 2.11. The van der Waals surface area contributed by atoms with Crippen molar-refractivity contribution < 1.29 is 15.3 Å². The molecule has 0 saturated heterocycles. The number of rotatable bonds is 6. The van der Waals surface area contributed by atoms with Crippen LogP contribution in [0.3, 0.4) is 0 Å². The summed E-state index contributed by atoms with van der Waals surface area (Å²) >= 11 is 0. The monoisotopic (exact) mass is 149 g/mol. The number of aliphatic hydroxyl groups excluding tert-OH is 3. The van der Waals surface area contributed by atoms with Gasteiger partial charge in [0.25, 0.3) is 0 Å². The van der Waals surface area contributed by atoms with Crippen molar-refractivity contribution in [2.75, 3.05) is 26.6 Å². The maximum atomic E-state index is 8.53. The summed E-state index contributed by atoms with van der Waals surface area (Å²) in [4.78, 5) is 1.48. The molecule has 3 N–H and O–H groups in total. The first-order valence-corrected chi connectivity index (χ1v) is 3.40. The van der Waals surface area contributed by atoms with Crippen LogP contribution in [0.15, 0.2) is 0 Å². The SMILES string of the molecule is OCCCCN(CO)CO. The zero-order valence-electron chi connectivity index (χ0n) is 6.03. The lowest BCUT2D eigenvalue weighted by atomic mass is 10.3. The predicted octanol–water partition coefficient (Wildman–Crippen LogP) is -1.04. The topological polar surface area (TPSA) is 63.9 Å². The fourth-order valence-corrected chi connectivity index (χ4v) is 0.633. The highest BCUT2D eigenvalue weighted by atomic mass is 16.3. The molecule has 0 spiro atoms. The minimum absolute atomic E-state index is 0.123. The Morgan fingerprint density at radius 2 is 1.50 bits per heavy atom. The fourth-order valence-electron chi connectivity index (χ4n) is 0.633. The van der Waals surface area contributed by atoms with Crippen molar-refractivity contribution in [1.82, 2.24) is 4.90 Å². The number of aliphatic hydroxyl groups is 3. The van der Waals surface area contributed by atoms with Crippen molar-refractivity contribution in [3.8, 4) is 0 Å². The van der Waals surface area contributed by atoms with Gasteiger partial charge < -0.3 is 15.3 Å². The van der Waals surface area contributed by atoms with Gasteiger partial charge >= 0.3 is 0 Å². The van der Waals surface area contributed by atoms with Crippen LogP contribution in [0.5, 0.6) is 0 Å². The molecule has 0 atom stereocenters. The van der Waals surface area contributed by atoms with Gasteiger partial charge in [-0.3, -0.25) is 4.90 Å². The summed E-state index contributed by atoms with van der Waals surface area (Å²) in [5, 5.41) is 25.4. The molecule has 4 heteroatoms. The molecule has 0 saturated carbocycles. The lowest BCUT2D eigenvalue weighted by Gasteiger charge is -2.14. The number of nitrogens with zero attached hydrogens (tertiary/aromatic N) is 1. The highest BCUT2D eigenvalue weighted by Gasteiger charge is 1.98. The van der Waals surface area contributed by atoms with Gasteiger partial charge in [-0.2, -0.15) is 0 Å². The van der Waals surface area contributed by atoms with E-state index in [1.54, 1.807) is 0 Å². The van der Waals surface area contributed by atoms with E-state index in [4.69, 9.17) is 15.3 Å². The van der Waals surface area contributed by atoms with Gasteiger partial charge in [0.05, 0.1) is 13.5 Å². The maximum absolute atomic E-state index is 8.53. The van der Waals surface area contributed by atoms with Crippen molar-refractivity contribution in [1.29, 1.82) is 0 Å². The summed E-state index contributed by atoms with van der Waals surface area (Å²) in [6.45, 7) is 0.558. The fraction of sp³-hybridized carbons (Fsp3) is 1.00. The number of hydrogen-bond acceptors (Lipinski definition) is 4. The molecule has 0 radical (unpaired) electrons. The van der Waals surface area contributed by atoms with Crippen molar-refractivity contribution in [3.63, 3.8) is 0 Å². The highest BCUT2D eigenvalue weighted by molar-refractivity contribution is 4.46. The molecule has 0 aromatic carbocycles. The molecule has 4 nitrogen and oxygen atoms in total. The van der Waals surface area contributed by atoms with E-state index in [0.717, 1.165) is 12.8 Å². The van der Waals surface area contributed by atoms with Crippen LogP contribution < -0.4 is 0 Å². The Labute approximate surface area is 60.7 Å². The van der Waals surface area contributed by atoms with Gasteiger partial charge in [-0.05, 0) is 12.8 Å². The third-order valence-corrected chi connectivity index (χ3v) is 1.28. The first-order valence-electron chi connectivity index (χ1n) is 3.40. The van der Waals surface area contributed by atoms with Gasteiger partial charge in [-0.15, -0.1) is 0 Å². The second-order valence-corrected chi connectivity index (χ2v) is 2.11. The number of unbranched alkanes of at least 4 members (excludes halogenated alkanes) is 1. The predicted molar refractivity (Wildman–Crippen MR) is 37.2 cm³/mol. The van der Waals surface area contributed by atoms with Crippen LogP contribution in [0.4, 0.5) is 0 Å². The molecule has 62 valence electrons. The van der Waals surface area contributed by atoms with Gasteiger partial charge in [-0.25, -0.2) is 0 Å². The second kappa shape index (κ2) is 6.95. The van der Waals surface area contributed by atoms with Gasteiger partial charge in [0.15, 0.2) is 0 Å². The standard InChI is InChI=1S/C6H15NO3/c8-4-2-1-3-7(5-9)6-10/h8-10H,1-6H2. The maximum Gasteiger partial charge on any atom is 0.0974 e. The van der Waals surface area contributed by atoms with Gasteiger partial charge in [-0.1, -0.05) is 0 Å². The summed E-state index contributed by atoms with van der Waals surface area (Å²) in [7, 11) is 0. The van der Waals surface area contributed by atoms with Crippen LogP contribution in [-0.2, 0) is 0 Å². The summed E-state index contributed by atoms with van der Waals surface area (Å²) in [6.07, 6.45) is 1.52. The molecular weight excluding hydrogens is 134 g/mol. The Bertz CT molecular complexity index is 66.0. The van der Waals surface area contributed by atoms with Crippen LogP contribution in [0.2, 0.25) is 0 Å². The van der Waals surface area contributed by atoms with Crippen molar-refractivity contribution in [3.05, 3.63) is 0 Å². The number of hydrogen-bond donors (Lipinski definition) is 3. The van der Waals surface area contributed by atoms with E-state index in [0.29, 0.717) is 6.54 Å². The molecule has 0 rings (SSSR count). The summed E-state index contributed by atoms with van der Waals surface area (Å²) in [5.41, 5.74) is 0. The van der Waals surface area contributed by atoms with Crippen LogP contribution in [-0.4, -0.2) is 46.8 Å². The van der Waals surface area contributed by atoms with E-state index in [-0.39, 0.29) is 20.1 Å². The van der Waals surface area contributed by atoms with Crippen LogP contribution in [0.1, 0.15) is 12.8 Å². The Morgan fingerprint density at radius 3 is 1.90 bits per heavy atom. The lowest BCUT2D eigenvalue weighted by molar-refractivity contribution is 0.0276. The van der Waals surface area contributed by atoms with E-state index < -0.39 is 0 Å². The van der Waals surface area contributed by atoms with E-state index in [1.807, 2.05) is 0 Å². The van der Waals surface area contributed by atoms with Gasteiger partial charge in [0, 0.05) is 13.2 Å². The van der Waals surface area contributed by atoms with E-state index in [9.17, 15) is 0 Å². The Balaban J connectivity index is 3.09. The first kappa shape index (κ1) is 9.84. The van der Waals surface area contributed by atoms with E-state index in [1.165, 1.54) is 4.90 Å². The molecule has 0 aliphatic carbocycles. The quantitative estimate of drug-likeness (QED) is 0.333. The third kappa shape index (κ3) is 4.69. The first-order chi connectivity index (χ1) is 4.85. The van der Waals surface area contributed by atoms with Crippen molar-refractivity contribution in [2.24, 2.45) is 0 Å². The summed E-state index contributed by atoms with van der Waals surface area (Å²) in [6, 6.07) is 0. The van der Waals surface area contributed by atoms with Crippen LogP contribution in [0, 0.1) is 0 Å². The molecule has 0 fully saturated rings. The smallest absolute Gasteiger partial charge is 0.0974 e. The molecule has 0 aromatic heterocycles. The Hall–Kier alpha value is -0.160. The zero-order chi connectivity index (χ0) is 7.82. The van der Waals surface area contributed by atoms with Gasteiger partial charge in [0.1, 0.15) is 0 Å². The Kier molecular flexibility index (Phi) is 6.84.